The standard InChI is InChI=1S/C19H26FNO3/c1-14-3-4-15(13-17(14)20)18(22)21-9-7-19(8-10-21)16(5-11-23-2)6-12-24-19/h3-4,13,16H,5-12H2,1-2H3/t16-/m0/s1. The van der Waals surface area contributed by atoms with Crippen LogP contribution < -0.4 is 0 Å². The number of nitrogens with zero attached hydrogens (tertiary/aromatic N) is 1. The summed E-state index contributed by atoms with van der Waals surface area (Å²) in [6.45, 7) is 4.58. The van der Waals surface area contributed by atoms with Crippen molar-refractivity contribution in [3.63, 3.8) is 0 Å². The first-order valence-electron chi connectivity index (χ1n) is 8.74. The van der Waals surface area contributed by atoms with Gasteiger partial charge in [0.05, 0.1) is 5.60 Å². The van der Waals surface area contributed by atoms with Gasteiger partial charge in [0.2, 0.25) is 0 Å². The number of hydrogen-bond donors (Lipinski definition) is 0. The first-order valence-corrected chi connectivity index (χ1v) is 8.74. The maximum absolute atomic E-state index is 13.7. The molecule has 1 amide bonds. The number of rotatable bonds is 4. The molecule has 5 heteroatoms. The van der Waals surface area contributed by atoms with Crippen molar-refractivity contribution in [2.45, 2.75) is 38.2 Å². The average Bonchev–Trinajstić information content (AvgIpc) is 2.97. The minimum atomic E-state index is -0.326. The molecule has 0 N–H and O–H groups in total. The lowest BCUT2D eigenvalue weighted by Gasteiger charge is -2.42. The predicted octanol–water partition coefficient (Wildman–Crippen LogP) is 3.18. The van der Waals surface area contributed by atoms with E-state index in [9.17, 15) is 9.18 Å². The highest BCUT2D eigenvalue weighted by Crippen LogP contribution is 2.42. The molecule has 1 spiro atoms. The molecule has 2 saturated heterocycles. The molecule has 3 rings (SSSR count). The third-order valence-corrected chi connectivity index (χ3v) is 5.59. The fourth-order valence-electron chi connectivity index (χ4n) is 4.00. The second-order valence-electron chi connectivity index (χ2n) is 6.94. The number of likely N-dealkylation sites (tertiary alicyclic amines) is 1. The highest BCUT2D eigenvalue weighted by Gasteiger charge is 2.46. The molecule has 0 saturated carbocycles. The Hall–Kier alpha value is -1.46. The maximum Gasteiger partial charge on any atom is 0.253 e. The van der Waals surface area contributed by atoms with Gasteiger partial charge in [-0.15, -0.1) is 0 Å². The summed E-state index contributed by atoms with van der Waals surface area (Å²) in [5.41, 5.74) is 0.884. The van der Waals surface area contributed by atoms with E-state index in [0.717, 1.165) is 38.9 Å². The normalized spacial score (nSPS) is 23.0. The third kappa shape index (κ3) is 3.33. The number of methoxy groups -OCH3 is 1. The Balaban J connectivity index is 1.64. The van der Waals surface area contributed by atoms with Crippen molar-refractivity contribution in [3.05, 3.63) is 35.1 Å². The van der Waals surface area contributed by atoms with Gasteiger partial charge in [-0.25, -0.2) is 4.39 Å². The molecule has 4 nitrogen and oxygen atoms in total. The third-order valence-electron chi connectivity index (χ3n) is 5.59. The van der Waals surface area contributed by atoms with Crippen molar-refractivity contribution in [1.29, 1.82) is 0 Å². The molecule has 2 aliphatic heterocycles. The number of aryl methyl sites for hydroxylation is 1. The van der Waals surface area contributed by atoms with Crippen molar-refractivity contribution in [3.8, 4) is 0 Å². The van der Waals surface area contributed by atoms with E-state index >= 15 is 0 Å². The van der Waals surface area contributed by atoms with Crippen LogP contribution in [0.1, 0.15) is 41.6 Å². The lowest BCUT2D eigenvalue weighted by Crippen LogP contribution is -2.49. The van der Waals surface area contributed by atoms with Crippen LogP contribution in [0.25, 0.3) is 0 Å². The zero-order chi connectivity index (χ0) is 17.2. The minimum Gasteiger partial charge on any atom is -0.385 e. The van der Waals surface area contributed by atoms with Crippen LogP contribution in [0.3, 0.4) is 0 Å². The van der Waals surface area contributed by atoms with Crippen LogP contribution in [-0.4, -0.2) is 49.8 Å². The SMILES string of the molecule is COCC[C@H]1CCOC12CCN(C(=O)c1ccc(C)c(F)c1)CC2. The monoisotopic (exact) mass is 335 g/mol. The fourth-order valence-corrected chi connectivity index (χ4v) is 4.00. The van der Waals surface area contributed by atoms with E-state index in [1.54, 1.807) is 26.2 Å². The van der Waals surface area contributed by atoms with Gasteiger partial charge in [0.15, 0.2) is 0 Å². The Labute approximate surface area is 142 Å². The van der Waals surface area contributed by atoms with E-state index in [2.05, 4.69) is 0 Å². The number of ether oxygens (including phenoxy) is 2. The molecule has 2 aliphatic rings. The predicted molar refractivity (Wildman–Crippen MR) is 89.6 cm³/mol. The molecule has 24 heavy (non-hydrogen) atoms. The Bertz CT molecular complexity index is 596. The Kier molecular flexibility index (Phi) is 5.21. The summed E-state index contributed by atoms with van der Waals surface area (Å²) >= 11 is 0. The largest absolute Gasteiger partial charge is 0.385 e. The molecule has 1 atom stereocenters. The summed E-state index contributed by atoms with van der Waals surface area (Å²) in [7, 11) is 1.73. The number of amides is 1. The highest BCUT2D eigenvalue weighted by atomic mass is 19.1. The number of hydrogen-bond acceptors (Lipinski definition) is 3. The van der Waals surface area contributed by atoms with Crippen LogP contribution in [0.4, 0.5) is 4.39 Å². The van der Waals surface area contributed by atoms with Crippen LogP contribution >= 0.6 is 0 Å². The quantitative estimate of drug-likeness (QED) is 0.848. The first-order chi connectivity index (χ1) is 11.6. The fraction of sp³-hybridized carbons (Fsp3) is 0.632. The molecule has 132 valence electrons. The van der Waals surface area contributed by atoms with Crippen molar-refractivity contribution >= 4 is 5.91 Å². The van der Waals surface area contributed by atoms with Gasteiger partial charge in [0.25, 0.3) is 5.91 Å². The van der Waals surface area contributed by atoms with Gasteiger partial charge in [-0.2, -0.15) is 0 Å². The number of halogens is 1. The number of carbonyl (C=O) groups excluding carboxylic acids is 1. The summed E-state index contributed by atoms with van der Waals surface area (Å²) in [5.74, 6) is 0.0924. The number of carbonyl (C=O) groups is 1. The van der Waals surface area contributed by atoms with E-state index in [1.807, 2.05) is 4.90 Å². The van der Waals surface area contributed by atoms with Gasteiger partial charge >= 0.3 is 0 Å². The highest BCUT2D eigenvalue weighted by molar-refractivity contribution is 5.94. The molecule has 0 unspecified atom stereocenters. The van der Waals surface area contributed by atoms with E-state index in [0.29, 0.717) is 30.1 Å². The van der Waals surface area contributed by atoms with Gasteiger partial charge in [0, 0.05) is 39.0 Å². The first kappa shape index (κ1) is 17.4. The topological polar surface area (TPSA) is 38.8 Å². The van der Waals surface area contributed by atoms with Crippen LogP contribution in [0.2, 0.25) is 0 Å². The van der Waals surface area contributed by atoms with Crippen molar-refractivity contribution < 1.29 is 18.7 Å². The molecule has 2 heterocycles. The summed E-state index contributed by atoms with van der Waals surface area (Å²) in [6.07, 6.45) is 3.77. The molecular formula is C19H26FNO3. The summed E-state index contributed by atoms with van der Waals surface area (Å²) in [4.78, 5) is 14.4. The van der Waals surface area contributed by atoms with Crippen molar-refractivity contribution in [2.75, 3.05) is 33.4 Å². The lowest BCUT2D eigenvalue weighted by atomic mass is 9.78. The van der Waals surface area contributed by atoms with Gasteiger partial charge in [0.1, 0.15) is 5.82 Å². The van der Waals surface area contributed by atoms with Crippen molar-refractivity contribution in [2.24, 2.45) is 5.92 Å². The van der Waals surface area contributed by atoms with Gasteiger partial charge in [-0.1, -0.05) is 6.07 Å². The lowest BCUT2D eigenvalue weighted by molar-refractivity contribution is -0.0661. The average molecular weight is 335 g/mol. The van der Waals surface area contributed by atoms with E-state index < -0.39 is 0 Å². The molecular weight excluding hydrogens is 309 g/mol. The van der Waals surface area contributed by atoms with Crippen LogP contribution in [-0.2, 0) is 9.47 Å². The Morgan fingerprint density at radius 2 is 2.17 bits per heavy atom. The van der Waals surface area contributed by atoms with Crippen molar-refractivity contribution in [1.82, 2.24) is 4.90 Å². The van der Waals surface area contributed by atoms with Gasteiger partial charge < -0.3 is 14.4 Å². The molecule has 2 fully saturated rings. The zero-order valence-electron chi connectivity index (χ0n) is 14.5. The van der Waals surface area contributed by atoms with Gasteiger partial charge in [-0.3, -0.25) is 4.79 Å². The maximum atomic E-state index is 13.7. The summed E-state index contributed by atoms with van der Waals surface area (Å²) < 4.78 is 25.0. The zero-order valence-corrected chi connectivity index (χ0v) is 14.5. The smallest absolute Gasteiger partial charge is 0.253 e. The Morgan fingerprint density at radius 1 is 1.42 bits per heavy atom. The second kappa shape index (κ2) is 7.19. The number of piperidine rings is 1. The molecule has 0 radical (unpaired) electrons. The van der Waals surface area contributed by atoms with E-state index in [-0.39, 0.29) is 17.3 Å². The van der Waals surface area contributed by atoms with Crippen LogP contribution in [0, 0.1) is 18.7 Å². The molecule has 0 bridgehead atoms. The molecule has 1 aromatic carbocycles. The molecule has 1 aromatic rings. The van der Waals surface area contributed by atoms with Crippen LogP contribution in [0.15, 0.2) is 18.2 Å². The second-order valence-corrected chi connectivity index (χ2v) is 6.94. The van der Waals surface area contributed by atoms with Crippen LogP contribution in [0.5, 0.6) is 0 Å². The van der Waals surface area contributed by atoms with E-state index in [1.165, 1.54) is 6.07 Å². The molecule has 0 aromatic heterocycles. The minimum absolute atomic E-state index is 0.0878. The van der Waals surface area contributed by atoms with Gasteiger partial charge in [-0.05, 0) is 56.2 Å². The Morgan fingerprint density at radius 3 is 2.83 bits per heavy atom. The number of benzene rings is 1. The summed E-state index contributed by atoms with van der Waals surface area (Å²) in [6, 6.07) is 4.71. The molecule has 0 aliphatic carbocycles. The van der Waals surface area contributed by atoms with E-state index in [4.69, 9.17) is 9.47 Å². The summed E-state index contributed by atoms with van der Waals surface area (Å²) in [5, 5.41) is 0.